The summed E-state index contributed by atoms with van der Waals surface area (Å²) in [5.74, 6) is 0.897. The van der Waals surface area contributed by atoms with Crippen molar-refractivity contribution in [2.45, 2.75) is 58.1 Å². The summed E-state index contributed by atoms with van der Waals surface area (Å²) < 4.78 is 6.24. The Labute approximate surface area is 127 Å². The second kappa shape index (κ2) is 6.83. The van der Waals surface area contributed by atoms with Gasteiger partial charge < -0.3 is 15.4 Å². The van der Waals surface area contributed by atoms with Crippen molar-refractivity contribution in [1.82, 2.24) is 10.6 Å². The van der Waals surface area contributed by atoms with Crippen LogP contribution in [-0.4, -0.2) is 18.2 Å². The number of fused-ring (bicyclic) bond motifs is 1. The molecular weight excluding hydrogens is 264 g/mol. The Morgan fingerprint density at radius 3 is 2.67 bits per heavy atom. The summed E-state index contributed by atoms with van der Waals surface area (Å²) in [5, 5.41) is 5.99. The maximum Gasteiger partial charge on any atom is 0.315 e. The maximum atomic E-state index is 12.0. The van der Waals surface area contributed by atoms with Crippen molar-refractivity contribution >= 4 is 6.03 Å². The number of hydrogen-bond donors (Lipinski definition) is 2. The first-order valence-corrected chi connectivity index (χ1v) is 7.96. The summed E-state index contributed by atoms with van der Waals surface area (Å²) in [7, 11) is 0. The van der Waals surface area contributed by atoms with Crippen molar-refractivity contribution in [2.24, 2.45) is 0 Å². The van der Waals surface area contributed by atoms with E-state index < -0.39 is 0 Å². The minimum atomic E-state index is -0.183. The van der Waals surface area contributed by atoms with E-state index in [1.165, 1.54) is 0 Å². The summed E-state index contributed by atoms with van der Waals surface area (Å²) in [4.78, 5) is 12.0. The van der Waals surface area contributed by atoms with Crippen LogP contribution in [0.5, 0.6) is 5.75 Å². The molecule has 4 nitrogen and oxygen atoms in total. The van der Waals surface area contributed by atoms with Crippen LogP contribution in [0.4, 0.5) is 4.79 Å². The quantitative estimate of drug-likeness (QED) is 0.867. The monoisotopic (exact) mass is 290 g/mol. The Balaban J connectivity index is 2.20. The molecule has 2 amide bonds. The highest BCUT2D eigenvalue weighted by atomic mass is 16.5. The number of urea groups is 1. The number of hydrogen-bond acceptors (Lipinski definition) is 2. The number of ether oxygens (including phenoxy) is 1. The topological polar surface area (TPSA) is 50.4 Å². The SMILES string of the molecule is CCCNC(=O)N[C@H]1CC(CC)(CC)Oc2ccccc21. The van der Waals surface area contributed by atoms with Gasteiger partial charge in [0.15, 0.2) is 0 Å². The molecular formula is C17H26N2O2. The Kier molecular flexibility index (Phi) is 5.10. The highest BCUT2D eigenvalue weighted by Gasteiger charge is 2.38. The molecule has 1 aromatic carbocycles. The smallest absolute Gasteiger partial charge is 0.315 e. The Hall–Kier alpha value is -1.71. The van der Waals surface area contributed by atoms with E-state index in [0.29, 0.717) is 6.54 Å². The minimum Gasteiger partial charge on any atom is -0.487 e. The molecule has 0 aromatic heterocycles. The molecule has 1 aromatic rings. The normalized spacial score (nSPS) is 19.3. The van der Waals surface area contributed by atoms with Crippen LogP contribution in [0, 0.1) is 0 Å². The predicted molar refractivity (Wildman–Crippen MR) is 84.6 cm³/mol. The van der Waals surface area contributed by atoms with E-state index in [9.17, 15) is 4.79 Å². The average Bonchev–Trinajstić information content (AvgIpc) is 2.52. The lowest BCUT2D eigenvalue weighted by Crippen LogP contribution is -2.46. The van der Waals surface area contributed by atoms with Gasteiger partial charge in [0.2, 0.25) is 0 Å². The van der Waals surface area contributed by atoms with Crippen LogP contribution < -0.4 is 15.4 Å². The molecule has 1 heterocycles. The van der Waals surface area contributed by atoms with Gasteiger partial charge in [-0.1, -0.05) is 39.0 Å². The van der Waals surface area contributed by atoms with E-state index in [2.05, 4.69) is 24.5 Å². The third-order valence-corrected chi connectivity index (χ3v) is 4.33. The van der Waals surface area contributed by atoms with E-state index in [4.69, 9.17) is 4.74 Å². The van der Waals surface area contributed by atoms with Gasteiger partial charge in [0.05, 0.1) is 6.04 Å². The molecule has 0 fully saturated rings. The molecule has 4 heteroatoms. The second-order valence-corrected chi connectivity index (χ2v) is 5.69. The van der Waals surface area contributed by atoms with Gasteiger partial charge in [0, 0.05) is 18.5 Å². The van der Waals surface area contributed by atoms with Gasteiger partial charge in [-0.2, -0.15) is 0 Å². The molecule has 1 aliphatic rings. The summed E-state index contributed by atoms with van der Waals surface area (Å²) in [6, 6.07) is 7.91. The molecule has 1 aliphatic heterocycles. The van der Waals surface area contributed by atoms with Gasteiger partial charge in [-0.25, -0.2) is 4.79 Å². The van der Waals surface area contributed by atoms with Crippen LogP contribution in [-0.2, 0) is 0 Å². The van der Waals surface area contributed by atoms with E-state index in [0.717, 1.165) is 37.0 Å². The predicted octanol–water partition coefficient (Wildman–Crippen LogP) is 3.78. The highest BCUT2D eigenvalue weighted by molar-refractivity contribution is 5.74. The lowest BCUT2D eigenvalue weighted by atomic mass is 9.83. The second-order valence-electron chi connectivity index (χ2n) is 5.69. The van der Waals surface area contributed by atoms with Gasteiger partial charge in [0.25, 0.3) is 0 Å². The summed E-state index contributed by atoms with van der Waals surface area (Å²) >= 11 is 0. The number of rotatable bonds is 5. The lowest BCUT2D eigenvalue weighted by Gasteiger charge is -2.41. The summed E-state index contributed by atoms with van der Waals surface area (Å²) in [6.45, 7) is 7.03. The fourth-order valence-electron chi connectivity index (χ4n) is 2.88. The van der Waals surface area contributed by atoms with Crippen LogP contribution >= 0.6 is 0 Å². The zero-order valence-electron chi connectivity index (χ0n) is 13.2. The summed E-state index contributed by atoms with van der Waals surface area (Å²) in [6.07, 6.45) is 3.63. The number of carbonyl (C=O) groups is 1. The largest absolute Gasteiger partial charge is 0.487 e. The third kappa shape index (κ3) is 3.49. The Bertz CT molecular complexity index is 483. The molecule has 0 saturated carbocycles. The zero-order valence-corrected chi connectivity index (χ0v) is 13.2. The van der Waals surface area contributed by atoms with Crippen molar-refractivity contribution in [3.63, 3.8) is 0 Å². The first kappa shape index (κ1) is 15.7. The fraction of sp³-hybridized carbons (Fsp3) is 0.588. The van der Waals surface area contributed by atoms with E-state index in [1.54, 1.807) is 0 Å². The molecule has 0 aliphatic carbocycles. The van der Waals surface area contributed by atoms with E-state index in [1.807, 2.05) is 31.2 Å². The number of para-hydroxylation sites is 1. The number of amides is 2. The number of nitrogens with one attached hydrogen (secondary N) is 2. The van der Waals surface area contributed by atoms with Crippen molar-refractivity contribution < 1.29 is 9.53 Å². The van der Waals surface area contributed by atoms with Crippen molar-refractivity contribution in [2.75, 3.05) is 6.54 Å². The van der Waals surface area contributed by atoms with Gasteiger partial charge in [-0.05, 0) is 25.3 Å². The standard InChI is InChI=1S/C17H26N2O2/c1-4-11-18-16(20)19-14-12-17(5-2,6-3)21-15-10-8-7-9-13(14)15/h7-10,14H,4-6,11-12H2,1-3H3,(H2,18,19,20)/t14-/m0/s1. The Morgan fingerprint density at radius 2 is 2.00 bits per heavy atom. The van der Waals surface area contributed by atoms with Gasteiger partial charge >= 0.3 is 6.03 Å². The zero-order chi connectivity index (χ0) is 15.3. The fourth-order valence-corrected chi connectivity index (χ4v) is 2.88. The Morgan fingerprint density at radius 1 is 1.29 bits per heavy atom. The van der Waals surface area contributed by atoms with Crippen LogP contribution in [0.15, 0.2) is 24.3 Å². The lowest BCUT2D eigenvalue weighted by molar-refractivity contribution is 0.0244. The molecule has 1 atom stereocenters. The first-order valence-electron chi connectivity index (χ1n) is 7.96. The van der Waals surface area contributed by atoms with Gasteiger partial charge in [-0.15, -0.1) is 0 Å². The third-order valence-electron chi connectivity index (χ3n) is 4.33. The number of carbonyl (C=O) groups excluding carboxylic acids is 1. The molecule has 21 heavy (non-hydrogen) atoms. The van der Waals surface area contributed by atoms with Gasteiger partial charge in [0.1, 0.15) is 11.4 Å². The first-order chi connectivity index (χ1) is 10.1. The molecule has 0 unspecified atom stereocenters. The molecule has 0 radical (unpaired) electrons. The number of benzene rings is 1. The van der Waals surface area contributed by atoms with Crippen molar-refractivity contribution in [3.05, 3.63) is 29.8 Å². The molecule has 2 rings (SSSR count). The molecule has 0 spiro atoms. The molecule has 116 valence electrons. The van der Waals surface area contributed by atoms with Crippen molar-refractivity contribution in [3.8, 4) is 5.75 Å². The van der Waals surface area contributed by atoms with Crippen LogP contribution in [0.2, 0.25) is 0 Å². The van der Waals surface area contributed by atoms with Gasteiger partial charge in [-0.3, -0.25) is 0 Å². The maximum absolute atomic E-state index is 12.0. The van der Waals surface area contributed by atoms with Crippen LogP contribution in [0.25, 0.3) is 0 Å². The summed E-state index contributed by atoms with van der Waals surface area (Å²) in [5.41, 5.74) is 0.888. The van der Waals surface area contributed by atoms with Crippen molar-refractivity contribution in [1.29, 1.82) is 0 Å². The van der Waals surface area contributed by atoms with E-state index in [-0.39, 0.29) is 17.7 Å². The average molecular weight is 290 g/mol. The van der Waals surface area contributed by atoms with Crippen LogP contribution in [0.3, 0.4) is 0 Å². The molecule has 0 saturated heterocycles. The van der Waals surface area contributed by atoms with E-state index >= 15 is 0 Å². The highest BCUT2D eigenvalue weighted by Crippen LogP contribution is 2.42. The molecule has 0 bridgehead atoms. The van der Waals surface area contributed by atoms with Crippen LogP contribution in [0.1, 0.15) is 58.1 Å². The minimum absolute atomic E-state index is 0.00621. The molecule has 2 N–H and O–H groups in total.